The number of fused-ring (bicyclic) bond motifs is 4. The molecule has 3 aliphatic carbocycles. The molecule has 5 unspecified atom stereocenters. The molecule has 0 spiro atoms. The fourth-order valence-electron chi connectivity index (χ4n) is 6.64. The van der Waals surface area contributed by atoms with Gasteiger partial charge in [-0.25, -0.2) is 0 Å². The van der Waals surface area contributed by atoms with E-state index < -0.39 is 16.8 Å². The zero-order chi connectivity index (χ0) is 23.4. The summed E-state index contributed by atoms with van der Waals surface area (Å²) in [5.74, 6) is -0.0930. The number of hydrogen-bond acceptors (Lipinski definition) is 5. The molecule has 5 heteroatoms. The second-order valence-electron chi connectivity index (χ2n) is 10.2. The fraction of sp³-hybridized carbons (Fsp3) is 0.500. The van der Waals surface area contributed by atoms with Crippen LogP contribution in [0.2, 0.25) is 0 Å². The maximum absolute atomic E-state index is 13.7. The third kappa shape index (κ3) is 3.51. The van der Waals surface area contributed by atoms with E-state index in [9.17, 15) is 14.7 Å². The lowest BCUT2D eigenvalue weighted by atomic mass is 9.56. The molecule has 4 nitrogen and oxygen atoms in total. The van der Waals surface area contributed by atoms with Crippen molar-refractivity contribution in [2.24, 2.45) is 17.3 Å². The van der Waals surface area contributed by atoms with Gasteiger partial charge in [0.25, 0.3) is 0 Å². The highest BCUT2D eigenvalue weighted by Crippen LogP contribution is 2.59. The van der Waals surface area contributed by atoms with Crippen molar-refractivity contribution >= 4 is 23.3 Å². The van der Waals surface area contributed by atoms with Crippen LogP contribution in [0.1, 0.15) is 57.1 Å². The summed E-state index contributed by atoms with van der Waals surface area (Å²) in [6, 6.07) is 8.41. The number of thioether (sulfide) groups is 1. The van der Waals surface area contributed by atoms with E-state index in [-0.39, 0.29) is 23.7 Å². The predicted molar refractivity (Wildman–Crippen MR) is 130 cm³/mol. The predicted octanol–water partition coefficient (Wildman–Crippen LogP) is 5.38. The summed E-state index contributed by atoms with van der Waals surface area (Å²) in [5, 5.41) is 11.9. The molecule has 0 bridgehead atoms. The van der Waals surface area contributed by atoms with Crippen LogP contribution in [-0.2, 0) is 14.3 Å². The number of aliphatic hydroxyl groups is 1. The van der Waals surface area contributed by atoms with Crippen LogP contribution in [-0.4, -0.2) is 35.1 Å². The molecular weight excluding hydrogens is 432 g/mol. The molecule has 1 fully saturated rings. The van der Waals surface area contributed by atoms with Crippen molar-refractivity contribution in [3.8, 4) is 0 Å². The highest BCUT2D eigenvalue weighted by Gasteiger charge is 2.58. The van der Waals surface area contributed by atoms with Gasteiger partial charge in [0.1, 0.15) is 5.60 Å². The number of Topliss-reactive ketones (excluding diaryl/α,β-unsaturated/α-hetero) is 1. The Morgan fingerprint density at radius 3 is 2.73 bits per heavy atom. The first-order valence-corrected chi connectivity index (χ1v) is 13.2. The van der Waals surface area contributed by atoms with Gasteiger partial charge in [0.15, 0.2) is 11.6 Å². The van der Waals surface area contributed by atoms with Gasteiger partial charge < -0.3 is 9.84 Å². The first-order chi connectivity index (χ1) is 15.8. The Balaban J connectivity index is 1.59. The van der Waals surface area contributed by atoms with Crippen molar-refractivity contribution in [2.45, 2.75) is 62.0 Å². The van der Waals surface area contributed by atoms with E-state index in [1.54, 1.807) is 11.8 Å². The third-order valence-corrected chi connectivity index (χ3v) is 9.22. The van der Waals surface area contributed by atoms with Gasteiger partial charge in [-0.05, 0) is 85.1 Å². The highest BCUT2D eigenvalue weighted by atomic mass is 32.2. The molecule has 0 aromatic heterocycles. The lowest BCUT2D eigenvalue weighted by molar-refractivity contribution is -0.139. The third-order valence-electron chi connectivity index (χ3n) is 8.47. The standard InChI is InChI=1S/C28H32O4S/c1-4-24(30)28(31)13-12-17-6-5-7-21(17)25-22(29)14-19-15-23(32-16-27(19,2)26(25)28)18-8-10-20(33-3)11-9-18/h4,7-11,17,19,23,31H,1,5-6,12-16H2,2-3H3. The second-order valence-corrected chi connectivity index (χ2v) is 11.1. The molecule has 33 heavy (non-hydrogen) atoms. The summed E-state index contributed by atoms with van der Waals surface area (Å²) >= 11 is 1.70. The van der Waals surface area contributed by atoms with Crippen LogP contribution in [0.5, 0.6) is 0 Å². The molecule has 1 aliphatic heterocycles. The highest BCUT2D eigenvalue weighted by molar-refractivity contribution is 7.98. The maximum Gasteiger partial charge on any atom is 0.190 e. The average Bonchev–Trinajstić information content (AvgIpc) is 3.24. The lowest BCUT2D eigenvalue weighted by Gasteiger charge is -2.52. The number of rotatable bonds is 4. The normalized spacial score (nSPS) is 35.8. The molecule has 0 amide bonds. The van der Waals surface area contributed by atoms with E-state index in [0.717, 1.165) is 24.0 Å². The van der Waals surface area contributed by atoms with Crippen molar-refractivity contribution in [2.75, 3.05) is 12.9 Å². The lowest BCUT2D eigenvalue weighted by Crippen LogP contribution is -2.54. The van der Waals surface area contributed by atoms with Crippen LogP contribution >= 0.6 is 11.8 Å². The Morgan fingerprint density at radius 2 is 2.03 bits per heavy atom. The monoisotopic (exact) mass is 464 g/mol. The molecule has 1 aromatic carbocycles. The Bertz CT molecular complexity index is 1070. The van der Waals surface area contributed by atoms with Gasteiger partial charge in [-0.2, -0.15) is 0 Å². The van der Waals surface area contributed by atoms with Gasteiger partial charge in [0.05, 0.1) is 12.7 Å². The average molecular weight is 465 g/mol. The van der Waals surface area contributed by atoms with Crippen LogP contribution in [0.15, 0.2) is 64.6 Å². The van der Waals surface area contributed by atoms with E-state index in [1.165, 1.54) is 11.0 Å². The van der Waals surface area contributed by atoms with Gasteiger partial charge in [-0.3, -0.25) is 9.59 Å². The fourth-order valence-corrected chi connectivity index (χ4v) is 7.05. The SMILES string of the molecule is C=CC(=O)C1(O)CCC2CCC=C2C2=C1C1(C)COC(c3ccc(SC)cc3)CC1CC2=O. The van der Waals surface area contributed by atoms with Gasteiger partial charge in [0, 0.05) is 22.3 Å². The summed E-state index contributed by atoms with van der Waals surface area (Å²) in [6.07, 6.45) is 9.41. The molecule has 1 N–H and O–H groups in total. The minimum Gasteiger partial charge on any atom is -0.377 e. The van der Waals surface area contributed by atoms with E-state index >= 15 is 0 Å². The number of hydrogen-bond donors (Lipinski definition) is 1. The Hall–Kier alpha value is -1.95. The summed E-state index contributed by atoms with van der Waals surface area (Å²) in [5.41, 5.74) is 1.12. The van der Waals surface area contributed by atoms with Crippen LogP contribution in [0.4, 0.5) is 0 Å². The Labute approximate surface area is 200 Å². The Kier molecular flexibility index (Phi) is 5.79. The van der Waals surface area contributed by atoms with Crippen molar-refractivity contribution < 1.29 is 19.4 Å². The van der Waals surface area contributed by atoms with Gasteiger partial charge >= 0.3 is 0 Å². The Morgan fingerprint density at radius 1 is 1.27 bits per heavy atom. The number of carbonyl (C=O) groups is 2. The number of allylic oxidation sites excluding steroid dienone is 3. The summed E-state index contributed by atoms with van der Waals surface area (Å²) < 4.78 is 6.43. The zero-order valence-electron chi connectivity index (χ0n) is 19.4. The molecule has 1 heterocycles. The summed E-state index contributed by atoms with van der Waals surface area (Å²) in [6.45, 7) is 6.13. The molecule has 0 radical (unpaired) electrons. The van der Waals surface area contributed by atoms with Crippen molar-refractivity contribution in [1.29, 1.82) is 0 Å². The summed E-state index contributed by atoms with van der Waals surface area (Å²) in [4.78, 5) is 28.0. The van der Waals surface area contributed by atoms with E-state index in [2.05, 4.69) is 50.1 Å². The van der Waals surface area contributed by atoms with Crippen molar-refractivity contribution in [1.82, 2.24) is 0 Å². The summed E-state index contributed by atoms with van der Waals surface area (Å²) in [7, 11) is 0. The number of ether oxygens (including phenoxy) is 1. The topological polar surface area (TPSA) is 63.6 Å². The molecule has 5 rings (SSSR count). The number of carbonyl (C=O) groups excluding carboxylic acids is 2. The van der Waals surface area contributed by atoms with Crippen LogP contribution in [0.3, 0.4) is 0 Å². The number of benzene rings is 1. The van der Waals surface area contributed by atoms with E-state index in [0.29, 0.717) is 43.4 Å². The molecular formula is C28H32O4S. The minimum atomic E-state index is -1.69. The molecule has 0 saturated carbocycles. The van der Waals surface area contributed by atoms with E-state index in [1.807, 2.05) is 0 Å². The van der Waals surface area contributed by atoms with Crippen molar-refractivity contribution in [3.63, 3.8) is 0 Å². The van der Waals surface area contributed by atoms with Crippen molar-refractivity contribution in [3.05, 3.63) is 65.3 Å². The molecule has 174 valence electrons. The molecule has 1 saturated heterocycles. The van der Waals surface area contributed by atoms with Gasteiger partial charge in [0.2, 0.25) is 0 Å². The van der Waals surface area contributed by atoms with E-state index in [4.69, 9.17) is 4.74 Å². The van der Waals surface area contributed by atoms with Gasteiger partial charge in [-0.15, -0.1) is 11.8 Å². The van der Waals surface area contributed by atoms with Gasteiger partial charge in [-0.1, -0.05) is 31.7 Å². The minimum absolute atomic E-state index is 0.00502. The van der Waals surface area contributed by atoms with Crippen LogP contribution in [0, 0.1) is 17.3 Å². The number of ketones is 2. The second kappa shape index (κ2) is 8.37. The van der Waals surface area contributed by atoms with Crippen LogP contribution < -0.4 is 0 Å². The molecule has 1 aromatic rings. The van der Waals surface area contributed by atoms with Crippen LogP contribution in [0.25, 0.3) is 0 Å². The molecule has 4 aliphatic rings. The smallest absolute Gasteiger partial charge is 0.190 e. The molecule has 5 atom stereocenters. The maximum atomic E-state index is 13.7. The first kappa shape index (κ1) is 22.8. The quantitative estimate of drug-likeness (QED) is 0.479. The first-order valence-electron chi connectivity index (χ1n) is 12.0. The zero-order valence-corrected chi connectivity index (χ0v) is 20.2. The largest absolute Gasteiger partial charge is 0.377 e.